The molecule has 0 saturated carbocycles. The van der Waals surface area contributed by atoms with E-state index in [1.54, 1.807) is 19.2 Å². The van der Waals surface area contributed by atoms with Crippen LogP contribution in [0.2, 0.25) is 5.02 Å². The van der Waals surface area contributed by atoms with Gasteiger partial charge in [0.1, 0.15) is 17.8 Å². The van der Waals surface area contributed by atoms with Gasteiger partial charge in [-0.1, -0.05) is 54.4 Å². The van der Waals surface area contributed by atoms with Crippen molar-refractivity contribution in [2.45, 2.75) is 89.1 Å². The van der Waals surface area contributed by atoms with Crippen LogP contribution in [0.3, 0.4) is 0 Å². The van der Waals surface area contributed by atoms with Crippen molar-refractivity contribution >= 4 is 39.2 Å². The zero-order valence-corrected chi connectivity index (χ0v) is 32.0. The molecule has 53 heavy (non-hydrogen) atoms. The standard InChI is InChI=1S/C37H49ClN6O8S/c1-4-5-30(34(45)36-41-33(42-52-36)20-25-8-13-28(50-2)14-9-25)40-35(46)32-21-29(51-23-26-6-11-27(38)12-7-26)22-44(32)37(47)31(43-53(3,48)49)15-10-24-16-18-39-19-17-24/h6-9,11-14,24,29-32,39,43H,4-5,10,15-23H2,1-3H3,(H,40,46)/t29-,30+,31-,32+/m1/s1. The van der Waals surface area contributed by atoms with Gasteiger partial charge < -0.3 is 29.5 Å². The Morgan fingerprint density at radius 2 is 1.74 bits per heavy atom. The second kappa shape index (κ2) is 18.9. The summed E-state index contributed by atoms with van der Waals surface area (Å²) < 4.78 is 44.2. The fraction of sp³-hybridized carbons (Fsp3) is 0.541. The maximum atomic E-state index is 14.3. The number of hydrogen-bond donors (Lipinski definition) is 3. The Morgan fingerprint density at radius 1 is 1.04 bits per heavy atom. The Kier molecular flexibility index (Phi) is 14.4. The molecule has 288 valence electrons. The van der Waals surface area contributed by atoms with Gasteiger partial charge in [0.2, 0.25) is 27.6 Å². The van der Waals surface area contributed by atoms with Crippen LogP contribution in [-0.4, -0.2) is 98.3 Å². The number of Topliss-reactive ketones (excluding diaryl/α,β-unsaturated/α-hetero) is 1. The summed E-state index contributed by atoms with van der Waals surface area (Å²) in [6.45, 7) is 3.89. The molecular weight excluding hydrogens is 724 g/mol. The van der Waals surface area contributed by atoms with Gasteiger partial charge in [-0.15, -0.1) is 0 Å². The van der Waals surface area contributed by atoms with Gasteiger partial charge in [-0.2, -0.15) is 4.98 Å². The van der Waals surface area contributed by atoms with Crippen molar-refractivity contribution in [3.05, 3.63) is 76.4 Å². The summed E-state index contributed by atoms with van der Waals surface area (Å²) in [6, 6.07) is 11.4. The summed E-state index contributed by atoms with van der Waals surface area (Å²) in [5.74, 6) is -0.481. The largest absolute Gasteiger partial charge is 0.497 e. The number of carbonyl (C=O) groups excluding carboxylic acids is 3. The number of nitrogens with one attached hydrogen (secondary N) is 3. The number of hydrogen-bond acceptors (Lipinski definition) is 11. The van der Waals surface area contributed by atoms with Crippen molar-refractivity contribution in [3.63, 3.8) is 0 Å². The fourth-order valence-electron chi connectivity index (χ4n) is 6.80. The van der Waals surface area contributed by atoms with E-state index in [1.165, 1.54) is 4.90 Å². The van der Waals surface area contributed by atoms with Crippen LogP contribution in [0, 0.1) is 5.92 Å². The van der Waals surface area contributed by atoms with Crippen molar-refractivity contribution in [2.75, 3.05) is 33.0 Å². The number of carbonyl (C=O) groups is 3. The fourth-order valence-corrected chi connectivity index (χ4v) is 7.66. The summed E-state index contributed by atoms with van der Waals surface area (Å²) in [4.78, 5) is 47.7. The second-order valence-electron chi connectivity index (χ2n) is 13.8. The number of ketones is 1. The number of halogens is 1. The first-order valence-corrected chi connectivity index (χ1v) is 20.3. The van der Waals surface area contributed by atoms with Crippen LogP contribution in [0.4, 0.5) is 0 Å². The normalized spacial score (nSPS) is 19.1. The van der Waals surface area contributed by atoms with Gasteiger partial charge >= 0.3 is 0 Å². The Hall–Kier alpha value is -3.89. The van der Waals surface area contributed by atoms with Crippen molar-refractivity contribution < 1.29 is 36.8 Å². The van der Waals surface area contributed by atoms with Crippen LogP contribution in [0.15, 0.2) is 53.1 Å². The van der Waals surface area contributed by atoms with Gasteiger partial charge in [-0.3, -0.25) is 14.4 Å². The van der Waals surface area contributed by atoms with E-state index in [1.807, 2.05) is 43.3 Å². The minimum absolute atomic E-state index is 0.0601. The van der Waals surface area contributed by atoms with Gasteiger partial charge in [0.25, 0.3) is 5.89 Å². The number of aromatic nitrogens is 2. The minimum atomic E-state index is -3.77. The molecule has 2 aliphatic heterocycles. The topological polar surface area (TPSA) is 182 Å². The Bertz CT molecular complexity index is 1780. The lowest BCUT2D eigenvalue weighted by Gasteiger charge is -2.30. The summed E-state index contributed by atoms with van der Waals surface area (Å²) in [7, 11) is -2.19. The summed E-state index contributed by atoms with van der Waals surface area (Å²) >= 11 is 6.04. The summed E-state index contributed by atoms with van der Waals surface area (Å²) in [5, 5.41) is 10.7. The van der Waals surface area contributed by atoms with Crippen molar-refractivity contribution in [1.29, 1.82) is 0 Å². The lowest BCUT2D eigenvalue weighted by molar-refractivity contribution is -0.140. The third-order valence-corrected chi connectivity index (χ3v) is 10.6. The zero-order chi connectivity index (χ0) is 38.0. The van der Waals surface area contributed by atoms with E-state index in [0.717, 1.165) is 43.3 Å². The number of ether oxygens (including phenoxy) is 2. The molecule has 0 aliphatic carbocycles. The van der Waals surface area contributed by atoms with E-state index in [4.69, 9.17) is 25.6 Å². The van der Waals surface area contributed by atoms with E-state index in [2.05, 4.69) is 25.5 Å². The molecule has 0 bridgehead atoms. The molecule has 14 nitrogen and oxygen atoms in total. The van der Waals surface area contributed by atoms with Crippen LogP contribution >= 0.6 is 11.6 Å². The van der Waals surface area contributed by atoms with Crippen LogP contribution in [-0.2, 0) is 37.4 Å². The number of likely N-dealkylation sites (tertiary alicyclic amines) is 1. The molecule has 0 spiro atoms. The van der Waals surface area contributed by atoms with E-state index < -0.39 is 51.9 Å². The Morgan fingerprint density at radius 3 is 2.40 bits per heavy atom. The lowest BCUT2D eigenvalue weighted by Crippen LogP contribution is -2.55. The quantitative estimate of drug-likeness (QED) is 0.161. The van der Waals surface area contributed by atoms with Crippen molar-refractivity contribution in [3.8, 4) is 5.75 Å². The van der Waals surface area contributed by atoms with E-state index in [0.29, 0.717) is 41.8 Å². The lowest BCUT2D eigenvalue weighted by atomic mass is 9.91. The molecule has 3 N–H and O–H groups in total. The molecule has 2 saturated heterocycles. The highest BCUT2D eigenvalue weighted by molar-refractivity contribution is 7.88. The van der Waals surface area contributed by atoms with E-state index in [9.17, 15) is 22.8 Å². The number of methoxy groups -OCH3 is 1. The van der Waals surface area contributed by atoms with Gasteiger partial charge in [0.05, 0.1) is 32.1 Å². The average Bonchev–Trinajstić information content (AvgIpc) is 3.80. The first-order valence-electron chi connectivity index (χ1n) is 18.1. The molecule has 1 aromatic heterocycles. The highest BCUT2D eigenvalue weighted by atomic mass is 35.5. The Balaban J connectivity index is 1.32. The molecule has 4 atom stereocenters. The summed E-state index contributed by atoms with van der Waals surface area (Å²) in [6.07, 6.45) is 4.59. The first-order chi connectivity index (χ1) is 25.4. The summed E-state index contributed by atoms with van der Waals surface area (Å²) in [5.41, 5.74) is 1.75. The molecule has 5 rings (SSSR count). The number of piperidine rings is 1. The smallest absolute Gasteiger partial charge is 0.296 e. The van der Waals surface area contributed by atoms with E-state index >= 15 is 0 Å². The monoisotopic (exact) mass is 772 g/mol. The zero-order valence-electron chi connectivity index (χ0n) is 30.4. The average molecular weight is 773 g/mol. The SMILES string of the molecule is CCC[C@H](NC(=O)[C@@H]1C[C@@H](OCc2ccc(Cl)cc2)CN1C(=O)[C@@H](CCC1CCNCC1)NS(C)(=O)=O)C(=O)c1nc(Cc2ccc(OC)cc2)no1. The molecule has 3 heterocycles. The molecule has 16 heteroatoms. The van der Waals surface area contributed by atoms with E-state index in [-0.39, 0.29) is 38.3 Å². The van der Waals surface area contributed by atoms with Crippen LogP contribution in [0.1, 0.15) is 79.5 Å². The number of sulfonamides is 1. The van der Waals surface area contributed by atoms with Crippen LogP contribution < -0.4 is 20.1 Å². The van der Waals surface area contributed by atoms with Gasteiger partial charge in [0.15, 0.2) is 5.82 Å². The third kappa shape index (κ3) is 11.8. The second-order valence-corrected chi connectivity index (χ2v) is 16.0. The maximum absolute atomic E-state index is 14.3. The van der Waals surface area contributed by atoms with Crippen molar-refractivity contribution in [1.82, 2.24) is 30.4 Å². The van der Waals surface area contributed by atoms with Gasteiger partial charge in [-0.05, 0) is 86.5 Å². The van der Waals surface area contributed by atoms with Gasteiger partial charge in [-0.25, -0.2) is 13.1 Å². The van der Waals surface area contributed by atoms with Crippen molar-refractivity contribution in [2.24, 2.45) is 5.92 Å². The number of amides is 2. The molecule has 3 aromatic rings. The minimum Gasteiger partial charge on any atom is -0.497 e. The number of rotatable bonds is 18. The Labute approximate surface area is 315 Å². The van der Waals surface area contributed by atoms with Crippen LogP contribution in [0.25, 0.3) is 0 Å². The van der Waals surface area contributed by atoms with Crippen LogP contribution in [0.5, 0.6) is 5.75 Å². The molecule has 2 aromatic carbocycles. The molecule has 0 unspecified atom stereocenters. The van der Waals surface area contributed by atoms with Gasteiger partial charge in [0, 0.05) is 24.4 Å². The first kappa shape index (κ1) is 40.3. The highest BCUT2D eigenvalue weighted by Crippen LogP contribution is 2.26. The predicted molar refractivity (Wildman–Crippen MR) is 198 cm³/mol. The maximum Gasteiger partial charge on any atom is 0.296 e. The highest BCUT2D eigenvalue weighted by Gasteiger charge is 2.44. The molecule has 2 aliphatic rings. The number of nitrogens with zero attached hydrogens (tertiary/aromatic N) is 3. The molecule has 2 amide bonds. The molecular formula is C37H49ClN6O8S. The number of benzene rings is 2. The predicted octanol–water partition coefficient (Wildman–Crippen LogP) is 3.67. The molecule has 0 radical (unpaired) electrons. The molecule has 2 fully saturated rings. The third-order valence-electron chi connectivity index (χ3n) is 9.63.